The van der Waals surface area contributed by atoms with Crippen molar-refractivity contribution in [3.63, 3.8) is 0 Å². The summed E-state index contributed by atoms with van der Waals surface area (Å²) in [6.45, 7) is 2.83. The molecule has 1 saturated heterocycles. The van der Waals surface area contributed by atoms with Gasteiger partial charge in [-0.25, -0.2) is 0 Å². The number of rotatable bonds is 3. The van der Waals surface area contributed by atoms with Gasteiger partial charge in [-0.15, -0.1) is 0 Å². The van der Waals surface area contributed by atoms with E-state index in [4.69, 9.17) is 10.5 Å². The lowest BCUT2D eigenvalue weighted by Crippen LogP contribution is -2.49. The van der Waals surface area contributed by atoms with Gasteiger partial charge in [0.05, 0.1) is 25.2 Å². The predicted molar refractivity (Wildman–Crippen MR) is 63.7 cm³/mol. The van der Waals surface area contributed by atoms with Gasteiger partial charge in [0.2, 0.25) is 5.91 Å². The minimum atomic E-state index is -0.684. The molecule has 1 aromatic rings. The van der Waals surface area contributed by atoms with Gasteiger partial charge < -0.3 is 20.8 Å². The summed E-state index contributed by atoms with van der Waals surface area (Å²) in [4.78, 5) is 25.4. The topological polar surface area (TPSA) is 97.2 Å². The molecule has 1 fully saturated rings. The van der Waals surface area contributed by atoms with Crippen LogP contribution in [0.4, 0.5) is 0 Å². The SMILES string of the molecule is CC1(C(=O)NCc2csc(=O)[nH]2)COCC1N. The highest BCUT2D eigenvalue weighted by Crippen LogP contribution is 2.27. The zero-order valence-corrected chi connectivity index (χ0v) is 10.3. The van der Waals surface area contributed by atoms with Crippen LogP contribution in [-0.2, 0) is 16.1 Å². The molecule has 0 bridgehead atoms. The first-order chi connectivity index (χ1) is 8.02. The molecule has 1 aromatic heterocycles. The molecule has 0 saturated carbocycles. The van der Waals surface area contributed by atoms with Crippen LogP contribution in [0.5, 0.6) is 0 Å². The lowest BCUT2D eigenvalue weighted by molar-refractivity contribution is -0.130. The molecule has 0 spiro atoms. The van der Waals surface area contributed by atoms with Crippen LogP contribution in [0, 0.1) is 5.41 Å². The van der Waals surface area contributed by atoms with Gasteiger partial charge in [0, 0.05) is 17.1 Å². The summed E-state index contributed by atoms with van der Waals surface area (Å²) in [5.74, 6) is -0.144. The van der Waals surface area contributed by atoms with Crippen molar-refractivity contribution in [2.24, 2.45) is 11.1 Å². The van der Waals surface area contributed by atoms with E-state index >= 15 is 0 Å². The Balaban J connectivity index is 1.95. The molecule has 1 aliphatic heterocycles. The first-order valence-corrected chi connectivity index (χ1v) is 6.18. The normalized spacial score (nSPS) is 28.2. The highest BCUT2D eigenvalue weighted by atomic mass is 32.1. The molecule has 2 rings (SSSR count). The first kappa shape index (κ1) is 12.3. The Morgan fingerprint density at radius 3 is 3.12 bits per heavy atom. The smallest absolute Gasteiger partial charge is 0.304 e. The van der Waals surface area contributed by atoms with Crippen LogP contribution in [0.25, 0.3) is 0 Å². The van der Waals surface area contributed by atoms with E-state index in [2.05, 4.69) is 10.3 Å². The molecule has 1 aliphatic rings. The van der Waals surface area contributed by atoms with E-state index in [1.807, 2.05) is 0 Å². The van der Waals surface area contributed by atoms with E-state index in [-0.39, 0.29) is 16.8 Å². The molecule has 0 aromatic carbocycles. The third-order valence-corrected chi connectivity index (χ3v) is 3.77. The Kier molecular flexibility index (Phi) is 3.32. The zero-order chi connectivity index (χ0) is 12.5. The largest absolute Gasteiger partial charge is 0.379 e. The van der Waals surface area contributed by atoms with Crippen molar-refractivity contribution in [3.8, 4) is 0 Å². The van der Waals surface area contributed by atoms with Crippen LogP contribution in [0.15, 0.2) is 10.2 Å². The van der Waals surface area contributed by atoms with Gasteiger partial charge in [0.15, 0.2) is 0 Å². The minimum absolute atomic E-state index is 0.124. The Morgan fingerprint density at radius 1 is 1.82 bits per heavy atom. The van der Waals surface area contributed by atoms with Gasteiger partial charge in [0.1, 0.15) is 0 Å². The second-order valence-corrected chi connectivity index (χ2v) is 5.24. The number of hydrogen-bond donors (Lipinski definition) is 3. The van der Waals surface area contributed by atoms with Crippen LogP contribution in [-0.4, -0.2) is 30.1 Å². The minimum Gasteiger partial charge on any atom is -0.379 e. The molecule has 2 atom stereocenters. The number of nitrogens with one attached hydrogen (secondary N) is 2. The van der Waals surface area contributed by atoms with Crippen molar-refractivity contribution in [2.45, 2.75) is 19.5 Å². The van der Waals surface area contributed by atoms with Gasteiger partial charge >= 0.3 is 4.87 Å². The quantitative estimate of drug-likeness (QED) is 0.674. The fourth-order valence-electron chi connectivity index (χ4n) is 1.70. The standard InChI is InChI=1S/C10H15N3O3S/c1-10(5-16-3-7(10)11)8(14)12-2-6-4-17-9(15)13-6/h4,7H,2-3,5,11H2,1H3,(H,12,14)(H,13,15). The van der Waals surface area contributed by atoms with Gasteiger partial charge in [0.25, 0.3) is 0 Å². The summed E-state index contributed by atoms with van der Waals surface area (Å²) in [7, 11) is 0. The number of carbonyl (C=O) groups excluding carboxylic acids is 1. The van der Waals surface area contributed by atoms with E-state index in [0.29, 0.717) is 25.5 Å². The average molecular weight is 257 g/mol. The second kappa shape index (κ2) is 4.59. The molecule has 2 heterocycles. The van der Waals surface area contributed by atoms with Crippen molar-refractivity contribution >= 4 is 17.2 Å². The average Bonchev–Trinajstić information content (AvgIpc) is 2.84. The van der Waals surface area contributed by atoms with Crippen LogP contribution < -0.4 is 15.9 Å². The molecule has 94 valence electrons. The van der Waals surface area contributed by atoms with E-state index in [1.54, 1.807) is 12.3 Å². The van der Waals surface area contributed by atoms with Crippen LogP contribution in [0.3, 0.4) is 0 Å². The number of H-pyrrole nitrogens is 1. The van der Waals surface area contributed by atoms with E-state index in [9.17, 15) is 9.59 Å². The Labute approximate surface area is 102 Å². The molecular weight excluding hydrogens is 242 g/mol. The van der Waals surface area contributed by atoms with Gasteiger partial charge in [-0.05, 0) is 6.92 Å². The van der Waals surface area contributed by atoms with E-state index < -0.39 is 5.41 Å². The highest BCUT2D eigenvalue weighted by Gasteiger charge is 2.44. The Morgan fingerprint density at radius 2 is 2.59 bits per heavy atom. The maximum atomic E-state index is 12.0. The molecule has 2 unspecified atom stereocenters. The fourth-order valence-corrected chi connectivity index (χ4v) is 2.28. The summed E-state index contributed by atoms with van der Waals surface area (Å²) in [5.41, 5.74) is 5.86. The number of hydrogen-bond acceptors (Lipinski definition) is 5. The van der Waals surface area contributed by atoms with Crippen molar-refractivity contribution in [1.82, 2.24) is 10.3 Å². The summed E-state index contributed by atoms with van der Waals surface area (Å²) < 4.78 is 5.21. The molecule has 0 aliphatic carbocycles. The maximum Gasteiger partial charge on any atom is 0.304 e. The van der Waals surface area contributed by atoms with E-state index in [0.717, 1.165) is 11.3 Å². The molecule has 17 heavy (non-hydrogen) atoms. The molecule has 7 heteroatoms. The number of ether oxygens (including phenoxy) is 1. The first-order valence-electron chi connectivity index (χ1n) is 5.31. The predicted octanol–water partition coefficient (Wildman–Crippen LogP) is -0.584. The van der Waals surface area contributed by atoms with Crippen LogP contribution >= 0.6 is 11.3 Å². The number of carbonyl (C=O) groups is 1. The van der Waals surface area contributed by atoms with Crippen molar-refractivity contribution < 1.29 is 9.53 Å². The monoisotopic (exact) mass is 257 g/mol. The molecule has 4 N–H and O–H groups in total. The lowest BCUT2D eigenvalue weighted by atomic mass is 9.85. The summed E-state index contributed by atoms with van der Waals surface area (Å²) >= 11 is 1.08. The van der Waals surface area contributed by atoms with Gasteiger partial charge in [-0.3, -0.25) is 9.59 Å². The van der Waals surface area contributed by atoms with Crippen molar-refractivity contribution in [1.29, 1.82) is 0 Å². The van der Waals surface area contributed by atoms with Gasteiger partial charge in [-0.1, -0.05) is 11.3 Å². The number of aromatic amines is 1. The molecule has 6 nitrogen and oxygen atoms in total. The van der Waals surface area contributed by atoms with Crippen LogP contribution in [0.2, 0.25) is 0 Å². The van der Waals surface area contributed by atoms with E-state index in [1.165, 1.54) is 0 Å². The second-order valence-electron chi connectivity index (χ2n) is 4.40. The number of aromatic nitrogens is 1. The number of amides is 1. The summed E-state index contributed by atoms with van der Waals surface area (Å²) in [6.07, 6.45) is 0. The fraction of sp³-hybridized carbons (Fsp3) is 0.600. The molecule has 0 radical (unpaired) electrons. The van der Waals surface area contributed by atoms with Crippen LogP contribution in [0.1, 0.15) is 12.6 Å². The summed E-state index contributed by atoms with van der Waals surface area (Å²) in [6, 6.07) is -0.288. The zero-order valence-electron chi connectivity index (χ0n) is 9.49. The molecular formula is C10H15N3O3S. The number of nitrogens with two attached hydrogens (primary N) is 1. The lowest BCUT2D eigenvalue weighted by Gasteiger charge is -2.25. The summed E-state index contributed by atoms with van der Waals surface area (Å²) in [5, 5.41) is 4.45. The third-order valence-electron chi connectivity index (χ3n) is 3.05. The maximum absolute atomic E-state index is 12.0. The third kappa shape index (κ3) is 2.41. The Bertz CT molecular complexity index is 469. The van der Waals surface area contributed by atoms with Crippen molar-refractivity contribution in [3.05, 3.63) is 20.7 Å². The van der Waals surface area contributed by atoms with Crippen molar-refractivity contribution in [2.75, 3.05) is 13.2 Å². The number of thiazole rings is 1. The van der Waals surface area contributed by atoms with Gasteiger partial charge in [-0.2, -0.15) is 0 Å². The molecule has 1 amide bonds. The highest BCUT2D eigenvalue weighted by molar-refractivity contribution is 7.07. The Hall–Kier alpha value is -1.18.